The molecule has 1 aromatic rings. The summed E-state index contributed by atoms with van der Waals surface area (Å²) in [6.45, 7) is 9.90. The van der Waals surface area contributed by atoms with Crippen LogP contribution in [-0.4, -0.2) is 29.3 Å². The third kappa shape index (κ3) is 4.80. The first kappa shape index (κ1) is 17.5. The minimum absolute atomic E-state index is 0.140. The maximum absolute atomic E-state index is 9.96. The van der Waals surface area contributed by atoms with Crippen LogP contribution in [0.15, 0.2) is 30.3 Å². The highest BCUT2D eigenvalue weighted by molar-refractivity contribution is 7.99. The first-order valence-corrected chi connectivity index (χ1v) is 8.63. The predicted molar refractivity (Wildman–Crippen MR) is 90.3 cm³/mol. The highest BCUT2D eigenvalue weighted by Crippen LogP contribution is 2.29. The van der Waals surface area contributed by atoms with Crippen LogP contribution in [0.1, 0.15) is 39.7 Å². The zero-order chi connectivity index (χ0) is 15.0. The van der Waals surface area contributed by atoms with Gasteiger partial charge in [0.15, 0.2) is 0 Å². The summed E-state index contributed by atoms with van der Waals surface area (Å²) in [7, 11) is 0. The Morgan fingerprint density at radius 2 is 1.85 bits per heavy atom. The first-order chi connectivity index (χ1) is 9.55. The van der Waals surface area contributed by atoms with Crippen LogP contribution in [-0.2, 0) is 5.54 Å². The van der Waals surface area contributed by atoms with Crippen LogP contribution in [0.25, 0.3) is 0 Å². The lowest BCUT2D eigenvalue weighted by Crippen LogP contribution is -2.46. The SMILES string of the molecule is CCNC(CO)(CCSC(C)C(C)C)c1ccccc1. The summed E-state index contributed by atoms with van der Waals surface area (Å²) in [4.78, 5) is 0. The molecule has 1 rings (SSSR count). The third-order valence-corrected chi connectivity index (χ3v) is 5.47. The van der Waals surface area contributed by atoms with Gasteiger partial charge in [0.05, 0.1) is 12.1 Å². The van der Waals surface area contributed by atoms with Crippen LogP contribution in [0, 0.1) is 5.92 Å². The normalized spacial score (nSPS) is 16.1. The molecule has 3 heteroatoms. The quantitative estimate of drug-likeness (QED) is 0.729. The van der Waals surface area contributed by atoms with E-state index in [0.29, 0.717) is 11.2 Å². The molecule has 2 unspecified atom stereocenters. The molecule has 20 heavy (non-hydrogen) atoms. The number of benzene rings is 1. The van der Waals surface area contributed by atoms with Gasteiger partial charge in [-0.3, -0.25) is 0 Å². The fourth-order valence-electron chi connectivity index (χ4n) is 2.27. The highest BCUT2D eigenvalue weighted by Gasteiger charge is 2.30. The molecule has 0 spiro atoms. The van der Waals surface area contributed by atoms with Crippen LogP contribution in [0.5, 0.6) is 0 Å². The van der Waals surface area contributed by atoms with Gasteiger partial charge in [-0.1, -0.05) is 58.0 Å². The van der Waals surface area contributed by atoms with Crippen molar-refractivity contribution >= 4 is 11.8 Å². The molecular formula is C17H29NOS. The van der Waals surface area contributed by atoms with Crippen molar-refractivity contribution in [3.8, 4) is 0 Å². The summed E-state index contributed by atoms with van der Waals surface area (Å²) in [6.07, 6.45) is 0.948. The number of thioether (sulfide) groups is 1. The van der Waals surface area contributed by atoms with E-state index in [1.165, 1.54) is 5.56 Å². The number of likely N-dealkylation sites (N-methyl/N-ethyl adjacent to an activating group) is 1. The van der Waals surface area contributed by atoms with Crippen LogP contribution < -0.4 is 5.32 Å². The molecule has 1 aromatic carbocycles. The van der Waals surface area contributed by atoms with Crippen LogP contribution in [0.3, 0.4) is 0 Å². The predicted octanol–water partition coefficient (Wildman–Crippen LogP) is 3.65. The molecule has 0 saturated heterocycles. The molecule has 0 heterocycles. The van der Waals surface area contributed by atoms with Crippen LogP contribution >= 0.6 is 11.8 Å². The topological polar surface area (TPSA) is 32.3 Å². The monoisotopic (exact) mass is 295 g/mol. The fraction of sp³-hybridized carbons (Fsp3) is 0.647. The number of rotatable bonds is 9. The molecule has 0 aliphatic carbocycles. The Balaban J connectivity index is 2.74. The maximum Gasteiger partial charge on any atom is 0.0676 e. The Bertz CT molecular complexity index is 369. The molecule has 0 radical (unpaired) electrons. The third-order valence-electron chi connectivity index (χ3n) is 3.96. The Kier molecular flexibility index (Phi) is 7.63. The Morgan fingerprint density at radius 1 is 1.20 bits per heavy atom. The van der Waals surface area contributed by atoms with Crippen molar-refractivity contribution in [2.75, 3.05) is 18.9 Å². The van der Waals surface area contributed by atoms with E-state index in [2.05, 4.69) is 45.1 Å². The molecule has 0 aliphatic heterocycles. The summed E-state index contributed by atoms with van der Waals surface area (Å²) in [6, 6.07) is 10.3. The van der Waals surface area contributed by atoms with Gasteiger partial charge in [-0.15, -0.1) is 0 Å². The van der Waals surface area contributed by atoms with Crippen molar-refractivity contribution in [2.45, 2.75) is 44.9 Å². The van der Waals surface area contributed by atoms with Crippen molar-refractivity contribution in [1.82, 2.24) is 5.32 Å². The van der Waals surface area contributed by atoms with E-state index in [-0.39, 0.29) is 12.1 Å². The first-order valence-electron chi connectivity index (χ1n) is 7.58. The zero-order valence-electron chi connectivity index (χ0n) is 13.2. The average molecular weight is 295 g/mol. The molecular weight excluding hydrogens is 266 g/mol. The molecule has 2 N–H and O–H groups in total. The molecule has 0 fully saturated rings. The molecule has 114 valence electrons. The van der Waals surface area contributed by atoms with E-state index in [1.54, 1.807) is 0 Å². The van der Waals surface area contributed by atoms with Gasteiger partial charge in [0.1, 0.15) is 0 Å². The van der Waals surface area contributed by atoms with E-state index in [1.807, 2.05) is 30.0 Å². The van der Waals surface area contributed by atoms with E-state index in [0.717, 1.165) is 18.7 Å². The summed E-state index contributed by atoms with van der Waals surface area (Å²) < 4.78 is 0. The van der Waals surface area contributed by atoms with E-state index >= 15 is 0 Å². The van der Waals surface area contributed by atoms with Gasteiger partial charge in [0, 0.05) is 5.25 Å². The summed E-state index contributed by atoms with van der Waals surface area (Å²) >= 11 is 2.00. The molecule has 2 nitrogen and oxygen atoms in total. The minimum Gasteiger partial charge on any atom is -0.394 e. The molecule has 0 aromatic heterocycles. The Labute approximate surface area is 128 Å². The van der Waals surface area contributed by atoms with Crippen molar-refractivity contribution in [2.24, 2.45) is 5.92 Å². The average Bonchev–Trinajstić information content (AvgIpc) is 2.47. The second-order valence-electron chi connectivity index (χ2n) is 5.71. The minimum atomic E-state index is -0.306. The maximum atomic E-state index is 9.96. The van der Waals surface area contributed by atoms with Crippen LogP contribution in [0.4, 0.5) is 0 Å². The largest absolute Gasteiger partial charge is 0.394 e. The molecule has 0 saturated carbocycles. The van der Waals surface area contributed by atoms with Crippen molar-refractivity contribution in [3.05, 3.63) is 35.9 Å². The molecule has 0 aliphatic rings. The Hall–Kier alpha value is -0.510. The highest BCUT2D eigenvalue weighted by atomic mass is 32.2. The number of aliphatic hydroxyl groups is 1. The number of aliphatic hydroxyl groups excluding tert-OH is 1. The Morgan fingerprint density at radius 3 is 2.35 bits per heavy atom. The molecule has 2 atom stereocenters. The van der Waals surface area contributed by atoms with Crippen molar-refractivity contribution in [1.29, 1.82) is 0 Å². The van der Waals surface area contributed by atoms with Crippen molar-refractivity contribution in [3.63, 3.8) is 0 Å². The number of hydrogen-bond acceptors (Lipinski definition) is 3. The number of nitrogens with one attached hydrogen (secondary N) is 1. The van der Waals surface area contributed by atoms with Gasteiger partial charge in [-0.05, 0) is 30.2 Å². The number of hydrogen-bond donors (Lipinski definition) is 2. The van der Waals surface area contributed by atoms with Gasteiger partial charge in [0.2, 0.25) is 0 Å². The lowest BCUT2D eigenvalue weighted by Gasteiger charge is -2.34. The van der Waals surface area contributed by atoms with Gasteiger partial charge < -0.3 is 10.4 Å². The van der Waals surface area contributed by atoms with Crippen molar-refractivity contribution < 1.29 is 5.11 Å². The van der Waals surface area contributed by atoms with E-state index in [4.69, 9.17) is 0 Å². The summed E-state index contributed by atoms with van der Waals surface area (Å²) in [5.74, 6) is 1.75. The van der Waals surface area contributed by atoms with Gasteiger partial charge >= 0.3 is 0 Å². The smallest absolute Gasteiger partial charge is 0.0676 e. The summed E-state index contributed by atoms with van der Waals surface area (Å²) in [5.41, 5.74) is 0.877. The second kappa shape index (κ2) is 8.71. The van der Waals surface area contributed by atoms with Gasteiger partial charge in [0.25, 0.3) is 0 Å². The lowest BCUT2D eigenvalue weighted by molar-refractivity contribution is 0.158. The zero-order valence-corrected chi connectivity index (χ0v) is 14.0. The van der Waals surface area contributed by atoms with Crippen LogP contribution in [0.2, 0.25) is 0 Å². The van der Waals surface area contributed by atoms with Gasteiger partial charge in [-0.2, -0.15) is 11.8 Å². The van der Waals surface area contributed by atoms with E-state index < -0.39 is 0 Å². The van der Waals surface area contributed by atoms with E-state index in [9.17, 15) is 5.11 Å². The summed E-state index contributed by atoms with van der Waals surface area (Å²) in [5, 5.41) is 14.1. The van der Waals surface area contributed by atoms with Gasteiger partial charge in [-0.25, -0.2) is 0 Å². The molecule has 0 bridgehead atoms. The lowest BCUT2D eigenvalue weighted by atomic mass is 9.88. The standard InChI is InChI=1S/C17H29NOS/c1-5-18-17(13-19,16-9-7-6-8-10-16)11-12-20-15(4)14(2)3/h6-10,14-15,18-19H,5,11-13H2,1-4H3. The second-order valence-corrected chi connectivity index (χ2v) is 7.19. The molecule has 0 amide bonds. The fourth-order valence-corrected chi connectivity index (χ4v) is 3.49.